The number of hydrogen-bond acceptors (Lipinski definition) is 4. The topological polar surface area (TPSA) is 64.1 Å². The van der Waals surface area contributed by atoms with Crippen molar-refractivity contribution in [2.24, 2.45) is 0 Å². The van der Waals surface area contributed by atoms with Crippen molar-refractivity contribution in [3.05, 3.63) is 23.0 Å². The van der Waals surface area contributed by atoms with E-state index in [9.17, 15) is 13.2 Å². The van der Waals surface area contributed by atoms with E-state index in [2.05, 4.69) is 4.98 Å². The summed E-state index contributed by atoms with van der Waals surface area (Å²) in [5.74, 6) is 0. The fourth-order valence-corrected chi connectivity index (χ4v) is 1.86. The van der Waals surface area contributed by atoms with E-state index in [1.165, 1.54) is 0 Å². The average Bonchev–Trinajstić information content (AvgIpc) is 2.01. The van der Waals surface area contributed by atoms with Crippen molar-refractivity contribution in [1.29, 1.82) is 0 Å². The molecule has 0 aliphatic carbocycles. The van der Waals surface area contributed by atoms with Gasteiger partial charge in [0.05, 0.1) is 9.92 Å². The fraction of sp³-hybridized carbons (Fsp3) is 0.143. The van der Waals surface area contributed by atoms with E-state index in [0.717, 1.165) is 18.5 Å². The first kappa shape index (κ1) is 11.4. The molecule has 1 aromatic heterocycles. The Morgan fingerprint density at radius 1 is 1.50 bits per heavy atom. The van der Waals surface area contributed by atoms with Gasteiger partial charge in [-0.3, -0.25) is 4.79 Å². The summed E-state index contributed by atoms with van der Waals surface area (Å²) < 4.78 is 22.1. The lowest BCUT2D eigenvalue weighted by Gasteiger charge is -2.00. The number of nitrogens with zero attached hydrogens (tertiary/aromatic N) is 1. The summed E-state index contributed by atoms with van der Waals surface area (Å²) in [5.41, 5.74) is -0.152. The molecule has 76 valence electrons. The number of halogens is 2. The zero-order chi connectivity index (χ0) is 10.9. The third kappa shape index (κ3) is 2.43. The van der Waals surface area contributed by atoms with Crippen molar-refractivity contribution in [2.45, 2.75) is 4.90 Å². The van der Waals surface area contributed by atoms with E-state index in [1.54, 1.807) is 0 Å². The number of rotatable bonds is 2. The van der Waals surface area contributed by atoms with Crippen molar-refractivity contribution in [3.8, 4) is 0 Å². The summed E-state index contributed by atoms with van der Waals surface area (Å²) in [4.78, 5) is 14.2. The maximum atomic E-state index is 11.0. The lowest BCUT2D eigenvalue weighted by atomic mass is 10.4. The summed E-state index contributed by atoms with van der Waals surface area (Å²) in [5, 5.41) is -0.900. The summed E-state index contributed by atoms with van der Waals surface area (Å²) in [6.45, 7) is 0. The first-order valence-corrected chi connectivity index (χ1v) is 6.02. The Labute approximate surface area is 90.8 Å². The number of carbonyl (C=O) groups is 1. The molecule has 0 unspecified atom stereocenters. The molecule has 14 heavy (non-hydrogen) atoms. The zero-order valence-electron chi connectivity index (χ0n) is 6.99. The first-order valence-electron chi connectivity index (χ1n) is 3.38. The molecule has 0 saturated heterocycles. The predicted octanol–water partition coefficient (Wildman–Crippen LogP) is 1.52. The maximum absolute atomic E-state index is 11.0. The molecule has 1 aromatic rings. The third-order valence-electron chi connectivity index (χ3n) is 1.43. The molecule has 0 saturated carbocycles. The van der Waals surface area contributed by atoms with Gasteiger partial charge in [0.15, 0.2) is 9.84 Å². The van der Waals surface area contributed by atoms with Gasteiger partial charge in [0.1, 0.15) is 5.69 Å². The van der Waals surface area contributed by atoms with Gasteiger partial charge >= 0.3 is 0 Å². The minimum Gasteiger partial charge on any atom is -0.274 e. The lowest BCUT2D eigenvalue weighted by Crippen LogP contribution is -2.01. The maximum Gasteiger partial charge on any atom is 0.272 e. The van der Waals surface area contributed by atoms with Crippen LogP contribution in [0.3, 0.4) is 0 Å². The molecule has 1 rings (SSSR count). The molecule has 0 fully saturated rings. The number of aromatic nitrogens is 1. The normalized spacial score (nSPS) is 11.4. The van der Waals surface area contributed by atoms with Gasteiger partial charge < -0.3 is 0 Å². The Morgan fingerprint density at radius 3 is 2.43 bits per heavy atom. The number of pyridine rings is 1. The molecule has 0 atom stereocenters. The highest BCUT2D eigenvalue weighted by atomic mass is 35.5. The first-order chi connectivity index (χ1) is 6.32. The van der Waals surface area contributed by atoms with Crippen molar-refractivity contribution >= 4 is 38.3 Å². The highest BCUT2D eigenvalue weighted by molar-refractivity contribution is 7.90. The summed E-state index contributed by atoms with van der Waals surface area (Å²) in [7, 11) is -3.37. The van der Waals surface area contributed by atoms with Crippen LogP contribution in [0, 0.1) is 0 Å². The summed E-state index contributed by atoms with van der Waals surface area (Å²) >= 11 is 10.7. The van der Waals surface area contributed by atoms with Crippen LogP contribution in [0.5, 0.6) is 0 Å². The fourth-order valence-electron chi connectivity index (χ4n) is 0.768. The molecule has 7 heteroatoms. The van der Waals surface area contributed by atoms with Crippen LogP contribution in [-0.2, 0) is 9.84 Å². The van der Waals surface area contributed by atoms with Crippen LogP contribution in [-0.4, -0.2) is 24.9 Å². The van der Waals surface area contributed by atoms with Crippen LogP contribution in [0.15, 0.2) is 17.2 Å². The van der Waals surface area contributed by atoms with E-state index in [0.29, 0.717) is 0 Å². The van der Waals surface area contributed by atoms with E-state index in [4.69, 9.17) is 23.2 Å². The molecular formula is C7H5Cl2NO3S. The van der Waals surface area contributed by atoms with Crippen LogP contribution in [0.2, 0.25) is 5.02 Å². The molecule has 4 nitrogen and oxygen atoms in total. The van der Waals surface area contributed by atoms with Gasteiger partial charge in [-0.2, -0.15) is 0 Å². The minimum atomic E-state index is -3.37. The smallest absolute Gasteiger partial charge is 0.272 e. The van der Waals surface area contributed by atoms with Crippen LogP contribution in [0.1, 0.15) is 10.5 Å². The number of hydrogen-bond donors (Lipinski definition) is 0. The van der Waals surface area contributed by atoms with Crippen molar-refractivity contribution < 1.29 is 13.2 Å². The van der Waals surface area contributed by atoms with Crippen molar-refractivity contribution in [3.63, 3.8) is 0 Å². The molecule has 0 radical (unpaired) electrons. The zero-order valence-corrected chi connectivity index (χ0v) is 9.32. The molecule has 0 aromatic carbocycles. The van der Waals surface area contributed by atoms with E-state index in [-0.39, 0.29) is 15.6 Å². The van der Waals surface area contributed by atoms with Gasteiger partial charge in [-0.05, 0) is 17.7 Å². The molecule has 0 spiro atoms. The molecule has 0 amide bonds. The van der Waals surface area contributed by atoms with E-state index in [1.807, 2.05) is 0 Å². The molecule has 1 heterocycles. The standard InChI is InChI=1S/C7H5Cl2NO3S/c1-14(12,13)4-2-5(8)6(7(9)11)10-3-4/h2-3H,1H3. The Bertz CT molecular complexity index is 484. The lowest BCUT2D eigenvalue weighted by molar-refractivity contribution is 0.107. The molecule has 0 bridgehead atoms. The van der Waals surface area contributed by atoms with Crippen LogP contribution < -0.4 is 0 Å². The van der Waals surface area contributed by atoms with Gasteiger partial charge in [-0.25, -0.2) is 13.4 Å². The van der Waals surface area contributed by atoms with Gasteiger partial charge in [0, 0.05) is 12.5 Å². The van der Waals surface area contributed by atoms with E-state index < -0.39 is 15.1 Å². The second-order valence-corrected chi connectivity index (χ2v) is 5.31. The number of sulfone groups is 1. The molecule has 0 aliphatic heterocycles. The highest BCUT2D eigenvalue weighted by Gasteiger charge is 2.14. The van der Waals surface area contributed by atoms with Gasteiger partial charge in [0.2, 0.25) is 0 Å². The SMILES string of the molecule is CS(=O)(=O)c1cnc(C(=O)Cl)c(Cl)c1. The van der Waals surface area contributed by atoms with Crippen LogP contribution >= 0.6 is 23.2 Å². The Morgan fingerprint density at radius 2 is 2.07 bits per heavy atom. The third-order valence-corrected chi connectivity index (χ3v) is 2.98. The Hall–Kier alpha value is -0.650. The molecular weight excluding hydrogens is 249 g/mol. The Kier molecular flexibility index (Phi) is 3.14. The van der Waals surface area contributed by atoms with Gasteiger partial charge in [0.25, 0.3) is 5.24 Å². The monoisotopic (exact) mass is 253 g/mol. The largest absolute Gasteiger partial charge is 0.274 e. The second-order valence-electron chi connectivity index (χ2n) is 2.55. The van der Waals surface area contributed by atoms with Crippen molar-refractivity contribution in [2.75, 3.05) is 6.26 Å². The Balaban J connectivity index is 3.34. The average molecular weight is 254 g/mol. The van der Waals surface area contributed by atoms with Crippen LogP contribution in [0.4, 0.5) is 0 Å². The quantitative estimate of drug-likeness (QED) is 0.750. The van der Waals surface area contributed by atoms with E-state index >= 15 is 0 Å². The minimum absolute atomic E-state index is 0.0517. The van der Waals surface area contributed by atoms with Gasteiger partial charge in [-0.15, -0.1) is 0 Å². The predicted molar refractivity (Wildman–Crippen MR) is 52.5 cm³/mol. The summed E-state index contributed by atoms with van der Waals surface area (Å²) in [6, 6.07) is 1.14. The highest BCUT2D eigenvalue weighted by Crippen LogP contribution is 2.19. The molecule has 0 N–H and O–H groups in total. The van der Waals surface area contributed by atoms with Gasteiger partial charge in [-0.1, -0.05) is 11.6 Å². The molecule has 0 aliphatic rings. The summed E-state index contributed by atoms with van der Waals surface area (Å²) in [6.07, 6.45) is 2.05. The second kappa shape index (κ2) is 3.84. The van der Waals surface area contributed by atoms with Crippen LogP contribution in [0.25, 0.3) is 0 Å². The van der Waals surface area contributed by atoms with Crippen molar-refractivity contribution in [1.82, 2.24) is 4.98 Å². The number of carbonyl (C=O) groups excluding carboxylic acids is 1.